The fourth-order valence-corrected chi connectivity index (χ4v) is 1.27. The van der Waals surface area contributed by atoms with Gasteiger partial charge in [-0.2, -0.15) is 0 Å². The molecule has 64 valence electrons. The molecule has 1 saturated carbocycles. The quantitative estimate of drug-likeness (QED) is 0.657. The maximum absolute atomic E-state index is 11.1. The van der Waals surface area contributed by atoms with Crippen molar-refractivity contribution in [1.29, 1.82) is 0 Å². The van der Waals surface area contributed by atoms with E-state index in [1.54, 1.807) is 0 Å². The lowest BCUT2D eigenvalue weighted by Crippen LogP contribution is -2.33. The Morgan fingerprint density at radius 3 is 2.73 bits per heavy atom. The van der Waals surface area contributed by atoms with Crippen LogP contribution in [0.25, 0.3) is 0 Å². The highest BCUT2D eigenvalue weighted by Crippen LogP contribution is 2.32. The minimum Gasteiger partial charge on any atom is -0.353 e. The van der Waals surface area contributed by atoms with Crippen LogP contribution in [-0.2, 0) is 4.79 Å². The molecule has 2 heteroatoms. The normalized spacial score (nSPS) is 19.5. The molecule has 0 aromatic rings. The lowest BCUT2D eigenvalue weighted by molar-refractivity contribution is -0.121. The summed E-state index contributed by atoms with van der Waals surface area (Å²) in [6.45, 7) is 4.13. The van der Waals surface area contributed by atoms with E-state index in [-0.39, 0.29) is 5.91 Å². The monoisotopic (exact) mass is 155 g/mol. The molecular weight excluding hydrogens is 138 g/mol. The largest absolute Gasteiger partial charge is 0.353 e. The minimum atomic E-state index is 0.215. The predicted molar refractivity (Wildman–Crippen MR) is 45.2 cm³/mol. The first-order valence-corrected chi connectivity index (χ1v) is 4.53. The molecule has 1 N–H and O–H groups in total. The first kappa shape index (κ1) is 8.57. The zero-order valence-electron chi connectivity index (χ0n) is 7.39. The molecule has 0 aliphatic heterocycles. The molecule has 1 rings (SSSR count). The molecule has 1 fully saturated rings. The summed E-state index contributed by atoms with van der Waals surface area (Å²) in [5, 5.41) is 3.00. The lowest BCUT2D eigenvalue weighted by atomic mass is 10.2. The van der Waals surface area contributed by atoms with Gasteiger partial charge in [0.15, 0.2) is 0 Å². The Labute approximate surface area is 68.4 Å². The fraction of sp³-hybridized carbons (Fsp3) is 0.889. The Hall–Kier alpha value is -0.530. The molecule has 0 radical (unpaired) electrons. The number of carbonyl (C=O) groups is 1. The van der Waals surface area contributed by atoms with E-state index < -0.39 is 0 Å². The van der Waals surface area contributed by atoms with E-state index in [1.807, 2.05) is 6.92 Å². The van der Waals surface area contributed by atoms with Crippen molar-refractivity contribution in [2.24, 2.45) is 5.92 Å². The molecule has 2 nitrogen and oxygen atoms in total. The molecule has 11 heavy (non-hydrogen) atoms. The summed E-state index contributed by atoms with van der Waals surface area (Å²) in [6, 6.07) is 0.411. The van der Waals surface area contributed by atoms with Crippen molar-refractivity contribution < 1.29 is 4.79 Å². The van der Waals surface area contributed by atoms with Gasteiger partial charge in [-0.1, -0.05) is 6.92 Å². The Bertz CT molecular complexity index is 140. The van der Waals surface area contributed by atoms with Crippen LogP contribution in [-0.4, -0.2) is 11.9 Å². The van der Waals surface area contributed by atoms with Crippen molar-refractivity contribution in [1.82, 2.24) is 5.32 Å². The van der Waals surface area contributed by atoms with Gasteiger partial charge in [-0.15, -0.1) is 0 Å². The smallest absolute Gasteiger partial charge is 0.220 e. The van der Waals surface area contributed by atoms with Gasteiger partial charge in [0.2, 0.25) is 5.91 Å². The summed E-state index contributed by atoms with van der Waals surface area (Å²) in [5.41, 5.74) is 0. The molecule has 0 heterocycles. The molecule has 0 saturated heterocycles. The second-order valence-electron chi connectivity index (χ2n) is 3.44. The molecular formula is C9H17NO. The first-order chi connectivity index (χ1) is 5.24. The molecule has 1 unspecified atom stereocenters. The van der Waals surface area contributed by atoms with E-state index in [0.29, 0.717) is 12.5 Å². The summed E-state index contributed by atoms with van der Waals surface area (Å²) in [5.74, 6) is 0.989. The molecule has 1 aliphatic rings. The van der Waals surface area contributed by atoms with Crippen LogP contribution in [0.5, 0.6) is 0 Å². The maximum atomic E-state index is 11.1. The van der Waals surface area contributed by atoms with Crippen LogP contribution < -0.4 is 5.32 Å². The standard InChI is InChI=1S/C9H17NO/c1-3-4-9(11)10-7(2)8-5-6-8/h7-8H,3-6H2,1-2H3,(H,10,11). The van der Waals surface area contributed by atoms with E-state index in [9.17, 15) is 4.79 Å². The average Bonchev–Trinajstić information content (AvgIpc) is 2.67. The molecule has 0 aromatic heterocycles. The number of hydrogen-bond donors (Lipinski definition) is 1. The van der Waals surface area contributed by atoms with Crippen molar-refractivity contribution in [3.05, 3.63) is 0 Å². The molecule has 1 amide bonds. The van der Waals surface area contributed by atoms with Gasteiger partial charge in [0.1, 0.15) is 0 Å². The Kier molecular flexibility index (Phi) is 2.92. The SMILES string of the molecule is CCCC(=O)NC(C)C1CC1. The van der Waals surface area contributed by atoms with Crippen LogP contribution in [0.2, 0.25) is 0 Å². The summed E-state index contributed by atoms with van der Waals surface area (Å²) < 4.78 is 0. The van der Waals surface area contributed by atoms with E-state index in [0.717, 1.165) is 12.3 Å². The zero-order chi connectivity index (χ0) is 8.27. The van der Waals surface area contributed by atoms with Gasteiger partial charge in [0, 0.05) is 12.5 Å². The maximum Gasteiger partial charge on any atom is 0.220 e. The average molecular weight is 155 g/mol. The number of hydrogen-bond acceptors (Lipinski definition) is 1. The van der Waals surface area contributed by atoms with Crippen LogP contribution in [0.3, 0.4) is 0 Å². The van der Waals surface area contributed by atoms with Gasteiger partial charge in [0.05, 0.1) is 0 Å². The van der Waals surface area contributed by atoms with Crippen molar-refractivity contribution in [2.75, 3.05) is 0 Å². The van der Waals surface area contributed by atoms with Crippen molar-refractivity contribution >= 4 is 5.91 Å². The third-order valence-electron chi connectivity index (χ3n) is 2.19. The second-order valence-corrected chi connectivity index (χ2v) is 3.44. The zero-order valence-corrected chi connectivity index (χ0v) is 7.39. The van der Waals surface area contributed by atoms with Gasteiger partial charge in [0.25, 0.3) is 0 Å². The van der Waals surface area contributed by atoms with Crippen molar-refractivity contribution in [2.45, 2.75) is 45.6 Å². The Morgan fingerprint density at radius 2 is 2.27 bits per heavy atom. The van der Waals surface area contributed by atoms with Crippen molar-refractivity contribution in [3.63, 3.8) is 0 Å². The topological polar surface area (TPSA) is 29.1 Å². The number of carbonyl (C=O) groups excluding carboxylic acids is 1. The van der Waals surface area contributed by atoms with Crippen LogP contribution >= 0.6 is 0 Å². The van der Waals surface area contributed by atoms with Gasteiger partial charge >= 0.3 is 0 Å². The highest BCUT2D eigenvalue weighted by atomic mass is 16.1. The fourth-order valence-electron chi connectivity index (χ4n) is 1.27. The van der Waals surface area contributed by atoms with Gasteiger partial charge < -0.3 is 5.32 Å². The Balaban J connectivity index is 2.12. The third kappa shape index (κ3) is 2.91. The first-order valence-electron chi connectivity index (χ1n) is 4.53. The molecule has 1 aliphatic carbocycles. The molecule has 0 bridgehead atoms. The highest BCUT2D eigenvalue weighted by molar-refractivity contribution is 5.76. The third-order valence-corrected chi connectivity index (χ3v) is 2.19. The summed E-state index contributed by atoms with van der Waals surface area (Å²) in [4.78, 5) is 11.1. The van der Waals surface area contributed by atoms with Crippen LogP contribution in [0, 0.1) is 5.92 Å². The summed E-state index contributed by atoms with van der Waals surface area (Å²) in [6.07, 6.45) is 4.22. The van der Waals surface area contributed by atoms with Gasteiger partial charge in [-0.25, -0.2) is 0 Å². The van der Waals surface area contributed by atoms with Crippen molar-refractivity contribution in [3.8, 4) is 0 Å². The van der Waals surface area contributed by atoms with Crippen LogP contribution in [0.4, 0.5) is 0 Å². The van der Waals surface area contributed by atoms with E-state index in [4.69, 9.17) is 0 Å². The van der Waals surface area contributed by atoms with E-state index >= 15 is 0 Å². The van der Waals surface area contributed by atoms with Crippen LogP contribution in [0.15, 0.2) is 0 Å². The summed E-state index contributed by atoms with van der Waals surface area (Å²) >= 11 is 0. The predicted octanol–water partition coefficient (Wildman–Crippen LogP) is 1.70. The van der Waals surface area contributed by atoms with E-state index in [2.05, 4.69) is 12.2 Å². The lowest BCUT2D eigenvalue weighted by Gasteiger charge is -2.11. The highest BCUT2D eigenvalue weighted by Gasteiger charge is 2.28. The second kappa shape index (κ2) is 3.74. The van der Waals surface area contributed by atoms with E-state index in [1.165, 1.54) is 12.8 Å². The molecule has 1 atom stereocenters. The minimum absolute atomic E-state index is 0.215. The number of rotatable bonds is 4. The molecule has 0 spiro atoms. The van der Waals surface area contributed by atoms with Crippen LogP contribution in [0.1, 0.15) is 39.5 Å². The van der Waals surface area contributed by atoms with Gasteiger partial charge in [-0.05, 0) is 32.1 Å². The van der Waals surface area contributed by atoms with Gasteiger partial charge in [-0.3, -0.25) is 4.79 Å². The molecule has 0 aromatic carbocycles. The Morgan fingerprint density at radius 1 is 1.64 bits per heavy atom. The number of nitrogens with one attached hydrogen (secondary N) is 1. The summed E-state index contributed by atoms with van der Waals surface area (Å²) in [7, 11) is 0. The number of amides is 1.